The van der Waals surface area contributed by atoms with E-state index in [2.05, 4.69) is 15.5 Å². The van der Waals surface area contributed by atoms with Crippen molar-refractivity contribution in [2.24, 2.45) is 0 Å². The van der Waals surface area contributed by atoms with Crippen LogP contribution >= 0.6 is 0 Å². The predicted molar refractivity (Wildman–Crippen MR) is 70.9 cm³/mol. The Bertz CT molecular complexity index is 440. The number of hydrogen-bond acceptors (Lipinski definition) is 6. The topological polar surface area (TPSA) is 90.2 Å². The zero-order chi connectivity index (χ0) is 15.0. The first kappa shape index (κ1) is 16.1. The Balaban J connectivity index is 2.74. The summed E-state index contributed by atoms with van der Waals surface area (Å²) in [6.45, 7) is 7.26. The summed E-state index contributed by atoms with van der Waals surface area (Å²) >= 11 is 0. The SMILES string of the molecule is CCCN(CCC)C(=O)Cn1nnnc1C(=O)OCC. The van der Waals surface area contributed by atoms with E-state index in [1.807, 2.05) is 13.8 Å². The number of hydrogen-bond donors (Lipinski definition) is 0. The number of carbonyl (C=O) groups is 2. The smallest absolute Gasteiger partial charge is 0.378 e. The number of ether oxygens (including phenoxy) is 1. The lowest BCUT2D eigenvalue weighted by atomic mass is 10.3. The summed E-state index contributed by atoms with van der Waals surface area (Å²) in [5.41, 5.74) is 0. The lowest BCUT2D eigenvalue weighted by Crippen LogP contribution is -2.36. The van der Waals surface area contributed by atoms with Crippen molar-refractivity contribution in [3.63, 3.8) is 0 Å². The van der Waals surface area contributed by atoms with E-state index < -0.39 is 5.97 Å². The molecule has 1 heterocycles. The number of nitrogens with zero attached hydrogens (tertiary/aromatic N) is 5. The van der Waals surface area contributed by atoms with Crippen molar-refractivity contribution in [3.05, 3.63) is 5.82 Å². The molecule has 0 fully saturated rings. The van der Waals surface area contributed by atoms with Crippen LogP contribution in [-0.4, -0.2) is 56.7 Å². The third-order valence-electron chi connectivity index (χ3n) is 2.61. The first-order valence-electron chi connectivity index (χ1n) is 6.85. The highest BCUT2D eigenvalue weighted by Gasteiger charge is 2.20. The quantitative estimate of drug-likeness (QED) is 0.645. The second-order valence-corrected chi connectivity index (χ2v) is 4.26. The number of aromatic nitrogens is 4. The van der Waals surface area contributed by atoms with Gasteiger partial charge in [0.15, 0.2) is 0 Å². The van der Waals surface area contributed by atoms with Gasteiger partial charge in [-0.25, -0.2) is 9.48 Å². The van der Waals surface area contributed by atoms with Crippen LogP contribution in [0.1, 0.15) is 44.2 Å². The van der Waals surface area contributed by atoms with Gasteiger partial charge in [-0.15, -0.1) is 5.10 Å². The molecule has 0 N–H and O–H groups in total. The maximum Gasteiger partial charge on any atom is 0.378 e. The van der Waals surface area contributed by atoms with Gasteiger partial charge in [0.2, 0.25) is 5.91 Å². The fraction of sp³-hybridized carbons (Fsp3) is 0.750. The van der Waals surface area contributed by atoms with Crippen LogP contribution < -0.4 is 0 Å². The van der Waals surface area contributed by atoms with Gasteiger partial charge < -0.3 is 9.64 Å². The van der Waals surface area contributed by atoms with Crippen LogP contribution in [0, 0.1) is 0 Å². The molecule has 0 aliphatic carbocycles. The molecule has 1 aromatic rings. The molecule has 0 spiro atoms. The van der Waals surface area contributed by atoms with Crippen molar-refractivity contribution in [3.8, 4) is 0 Å². The normalized spacial score (nSPS) is 10.3. The maximum atomic E-state index is 12.2. The minimum absolute atomic E-state index is 0.0480. The average Bonchev–Trinajstić information content (AvgIpc) is 2.87. The van der Waals surface area contributed by atoms with E-state index in [1.54, 1.807) is 11.8 Å². The van der Waals surface area contributed by atoms with Gasteiger partial charge in [0.25, 0.3) is 5.82 Å². The van der Waals surface area contributed by atoms with E-state index >= 15 is 0 Å². The fourth-order valence-electron chi connectivity index (χ4n) is 1.78. The molecule has 1 aromatic heterocycles. The molecule has 1 amide bonds. The van der Waals surface area contributed by atoms with Crippen LogP contribution in [0.4, 0.5) is 0 Å². The lowest BCUT2D eigenvalue weighted by molar-refractivity contribution is -0.132. The van der Waals surface area contributed by atoms with Crippen molar-refractivity contribution in [2.75, 3.05) is 19.7 Å². The van der Waals surface area contributed by atoms with Crippen LogP contribution in [0.25, 0.3) is 0 Å². The molecule has 0 saturated carbocycles. The Labute approximate surface area is 118 Å². The van der Waals surface area contributed by atoms with Crippen LogP contribution in [-0.2, 0) is 16.1 Å². The number of amides is 1. The summed E-state index contributed by atoms with van der Waals surface area (Å²) in [6.07, 6.45) is 1.76. The molecule has 1 rings (SSSR count). The molecular formula is C12H21N5O3. The van der Waals surface area contributed by atoms with Gasteiger partial charge in [0, 0.05) is 13.1 Å². The Hall–Kier alpha value is -1.99. The molecule has 0 aliphatic heterocycles. The van der Waals surface area contributed by atoms with Gasteiger partial charge in [-0.1, -0.05) is 13.8 Å². The summed E-state index contributed by atoms with van der Waals surface area (Å²) < 4.78 is 6.02. The molecule has 20 heavy (non-hydrogen) atoms. The molecule has 0 bridgehead atoms. The minimum Gasteiger partial charge on any atom is -0.460 e. The second kappa shape index (κ2) is 8.23. The lowest BCUT2D eigenvalue weighted by Gasteiger charge is -2.21. The summed E-state index contributed by atoms with van der Waals surface area (Å²) in [5, 5.41) is 10.7. The molecule has 8 heteroatoms. The Morgan fingerprint density at radius 3 is 2.40 bits per heavy atom. The molecule has 0 aromatic carbocycles. The van der Waals surface area contributed by atoms with Crippen molar-refractivity contribution >= 4 is 11.9 Å². The molecule has 0 unspecified atom stereocenters. The third kappa shape index (κ3) is 4.29. The van der Waals surface area contributed by atoms with Gasteiger partial charge in [-0.3, -0.25) is 4.79 Å². The summed E-state index contributed by atoms with van der Waals surface area (Å²) in [5.74, 6) is -0.775. The van der Waals surface area contributed by atoms with Gasteiger partial charge >= 0.3 is 5.97 Å². The number of carbonyl (C=O) groups excluding carboxylic acids is 2. The molecule has 0 saturated heterocycles. The highest BCUT2D eigenvalue weighted by atomic mass is 16.5. The highest BCUT2D eigenvalue weighted by molar-refractivity contribution is 5.86. The van der Waals surface area contributed by atoms with E-state index in [-0.39, 0.29) is 24.9 Å². The number of tetrazole rings is 1. The second-order valence-electron chi connectivity index (χ2n) is 4.26. The van der Waals surface area contributed by atoms with Gasteiger partial charge in [-0.2, -0.15) is 0 Å². The monoisotopic (exact) mass is 283 g/mol. The van der Waals surface area contributed by atoms with Gasteiger partial charge in [0.1, 0.15) is 6.54 Å². The van der Waals surface area contributed by atoms with Crippen LogP contribution in [0.3, 0.4) is 0 Å². The van der Waals surface area contributed by atoms with Gasteiger partial charge in [0.05, 0.1) is 6.61 Å². The van der Waals surface area contributed by atoms with Crippen molar-refractivity contribution in [1.29, 1.82) is 0 Å². The summed E-state index contributed by atoms with van der Waals surface area (Å²) in [6, 6.07) is 0. The van der Waals surface area contributed by atoms with Crippen molar-refractivity contribution < 1.29 is 14.3 Å². The summed E-state index contributed by atoms with van der Waals surface area (Å²) in [7, 11) is 0. The first-order valence-corrected chi connectivity index (χ1v) is 6.85. The molecular weight excluding hydrogens is 262 g/mol. The Morgan fingerprint density at radius 2 is 1.85 bits per heavy atom. The summed E-state index contributed by atoms with van der Waals surface area (Å²) in [4.78, 5) is 25.5. The third-order valence-corrected chi connectivity index (χ3v) is 2.61. The highest BCUT2D eigenvalue weighted by Crippen LogP contribution is 2.01. The molecule has 8 nitrogen and oxygen atoms in total. The van der Waals surface area contributed by atoms with Crippen LogP contribution in [0.2, 0.25) is 0 Å². The minimum atomic E-state index is -0.622. The van der Waals surface area contributed by atoms with E-state index in [9.17, 15) is 9.59 Å². The largest absolute Gasteiger partial charge is 0.460 e. The van der Waals surface area contributed by atoms with Gasteiger partial charge in [-0.05, 0) is 30.2 Å². The molecule has 0 radical (unpaired) electrons. The van der Waals surface area contributed by atoms with E-state index in [4.69, 9.17) is 4.74 Å². The maximum absolute atomic E-state index is 12.2. The first-order chi connectivity index (χ1) is 9.63. The average molecular weight is 283 g/mol. The van der Waals surface area contributed by atoms with Crippen LogP contribution in [0.15, 0.2) is 0 Å². The fourth-order valence-corrected chi connectivity index (χ4v) is 1.78. The standard InChI is InChI=1S/C12H21N5O3/c1-4-7-16(8-5-2)10(18)9-17-11(13-14-15-17)12(19)20-6-3/h4-9H2,1-3H3. The van der Waals surface area contributed by atoms with E-state index in [0.717, 1.165) is 12.8 Å². The zero-order valence-electron chi connectivity index (χ0n) is 12.2. The Morgan fingerprint density at radius 1 is 1.20 bits per heavy atom. The molecule has 0 atom stereocenters. The Kier molecular flexibility index (Phi) is 6.61. The number of esters is 1. The van der Waals surface area contributed by atoms with E-state index in [1.165, 1.54) is 4.68 Å². The van der Waals surface area contributed by atoms with Crippen LogP contribution in [0.5, 0.6) is 0 Å². The number of rotatable bonds is 8. The zero-order valence-corrected chi connectivity index (χ0v) is 12.2. The molecule has 0 aliphatic rings. The van der Waals surface area contributed by atoms with Crippen molar-refractivity contribution in [1.82, 2.24) is 25.1 Å². The van der Waals surface area contributed by atoms with Crippen molar-refractivity contribution in [2.45, 2.75) is 40.2 Å². The molecule has 112 valence electrons. The van der Waals surface area contributed by atoms with E-state index in [0.29, 0.717) is 13.1 Å². The predicted octanol–water partition coefficient (Wildman–Crippen LogP) is 0.498.